The van der Waals surface area contributed by atoms with Crippen LogP contribution in [0.3, 0.4) is 0 Å². The molecule has 1 N–H and O–H groups in total. The summed E-state index contributed by atoms with van der Waals surface area (Å²) < 4.78 is 11.2. The summed E-state index contributed by atoms with van der Waals surface area (Å²) in [6.07, 6.45) is 2.28. The Bertz CT molecular complexity index is 834. The minimum Gasteiger partial charge on any atom is -0.493 e. The number of carbonyl (C=O) groups excluding carboxylic acids is 1. The van der Waals surface area contributed by atoms with Gasteiger partial charge in [-0.1, -0.05) is 37.8 Å². The van der Waals surface area contributed by atoms with Gasteiger partial charge in [0.05, 0.1) is 12.7 Å². The first-order valence-electron chi connectivity index (χ1n) is 9.20. The molecule has 3 rings (SSSR count). The summed E-state index contributed by atoms with van der Waals surface area (Å²) >= 11 is 0. The molecule has 2 aromatic rings. The fraction of sp³-hybridized carbons (Fsp3) is 0.318. The van der Waals surface area contributed by atoms with Crippen LogP contribution in [0.4, 0.5) is 5.69 Å². The van der Waals surface area contributed by atoms with Crippen molar-refractivity contribution >= 4 is 11.6 Å². The van der Waals surface area contributed by atoms with E-state index < -0.39 is 0 Å². The van der Waals surface area contributed by atoms with Crippen LogP contribution >= 0.6 is 0 Å². The van der Waals surface area contributed by atoms with Crippen LogP contribution in [0.25, 0.3) is 0 Å². The summed E-state index contributed by atoms with van der Waals surface area (Å²) in [5.41, 5.74) is 2.49. The lowest BCUT2D eigenvalue weighted by Crippen LogP contribution is -2.47. The molecule has 0 aromatic heterocycles. The van der Waals surface area contributed by atoms with Crippen LogP contribution in [-0.2, 0) is 0 Å². The number of fused-ring (bicyclic) bond motifs is 1. The molecule has 5 nitrogen and oxygen atoms in total. The second kappa shape index (κ2) is 8.16. The number of anilines is 1. The van der Waals surface area contributed by atoms with E-state index in [9.17, 15) is 4.79 Å². The van der Waals surface area contributed by atoms with Crippen LogP contribution in [0.1, 0.15) is 42.4 Å². The molecule has 0 aliphatic carbocycles. The predicted octanol–water partition coefficient (Wildman–Crippen LogP) is 4.63. The van der Waals surface area contributed by atoms with Crippen LogP contribution in [0, 0.1) is 0 Å². The van der Waals surface area contributed by atoms with E-state index in [0.717, 1.165) is 17.7 Å². The Balaban J connectivity index is 2.02. The maximum Gasteiger partial charge on any atom is 0.258 e. The minimum absolute atomic E-state index is 0.0367. The zero-order chi connectivity index (χ0) is 19.4. The van der Waals surface area contributed by atoms with Gasteiger partial charge in [0.1, 0.15) is 12.8 Å². The van der Waals surface area contributed by atoms with Gasteiger partial charge in [-0.05, 0) is 43.2 Å². The van der Waals surface area contributed by atoms with Gasteiger partial charge in [-0.3, -0.25) is 4.79 Å². The van der Waals surface area contributed by atoms with Gasteiger partial charge in [-0.15, -0.1) is 0 Å². The van der Waals surface area contributed by atoms with Crippen molar-refractivity contribution in [2.75, 3.05) is 19.0 Å². The molecule has 0 fully saturated rings. The smallest absolute Gasteiger partial charge is 0.258 e. The molecule has 0 radical (unpaired) electrons. The van der Waals surface area contributed by atoms with Crippen LogP contribution in [-0.4, -0.2) is 30.6 Å². The van der Waals surface area contributed by atoms with E-state index >= 15 is 0 Å². The number of hydrogen-bond acceptors (Lipinski definition) is 4. The van der Waals surface area contributed by atoms with Gasteiger partial charge in [0.2, 0.25) is 0 Å². The van der Waals surface area contributed by atoms with E-state index in [-0.39, 0.29) is 18.1 Å². The van der Waals surface area contributed by atoms with E-state index in [1.54, 1.807) is 13.2 Å². The Morgan fingerprint density at radius 3 is 2.74 bits per heavy atom. The van der Waals surface area contributed by atoms with Gasteiger partial charge < -0.3 is 19.7 Å². The second-order valence-electron chi connectivity index (χ2n) is 6.57. The molecule has 2 atom stereocenters. The number of ether oxygens (including phenoxy) is 2. The number of benzene rings is 2. The molecule has 27 heavy (non-hydrogen) atoms. The highest BCUT2D eigenvalue weighted by molar-refractivity contribution is 6.01. The largest absolute Gasteiger partial charge is 0.493 e. The van der Waals surface area contributed by atoms with Crippen molar-refractivity contribution in [1.29, 1.82) is 0 Å². The van der Waals surface area contributed by atoms with E-state index in [0.29, 0.717) is 23.7 Å². The minimum atomic E-state index is -0.273. The van der Waals surface area contributed by atoms with Gasteiger partial charge in [0.25, 0.3) is 5.91 Å². The van der Waals surface area contributed by atoms with Gasteiger partial charge in [-0.2, -0.15) is 0 Å². The number of para-hydroxylation sites is 1. The lowest BCUT2D eigenvalue weighted by Gasteiger charge is -2.41. The lowest BCUT2D eigenvalue weighted by atomic mass is 10.0. The van der Waals surface area contributed by atoms with Crippen molar-refractivity contribution in [3.63, 3.8) is 0 Å². The fourth-order valence-electron chi connectivity index (χ4n) is 3.29. The lowest BCUT2D eigenvalue weighted by molar-refractivity contribution is 0.0593. The molecule has 2 aromatic carbocycles. The van der Waals surface area contributed by atoms with Crippen molar-refractivity contribution in [3.8, 4) is 11.5 Å². The van der Waals surface area contributed by atoms with Gasteiger partial charge in [0.15, 0.2) is 11.5 Å². The Morgan fingerprint density at radius 1 is 1.26 bits per heavy atom. The average Bonchev–Trinajstić information content (AvgIpc) is 2.71. The molecule has 0 bridgehead atoms. The number of nitrogens with one attached hydrogen (secondary N) is 1. The molecule has 0 saturated carbocycles. The van der Waals surface area contributed by atoms with Crippen molar-refractivity contribution in [2.45, 2.75) is 32.5 Å². The van der Waals surface area contributed by atoms with Crippen LogP contribution in [0.15, 0.2) is 55.1 Å². The highest BCUT2D eigenvalue weighted by Crippen LogP contribution is 2.38. The SMILES string of the molecule is C=CCOc1ccc(C2Nc3ccccc3C(=O)N2C(C)CC)cc1OC. The maximum atomic E-state index is 13.2. The highest BCUT2D eigenvalue weighted by atomic mass is 16.5. The standard InChI is InChI=1S/C22H26N2O3/c1-5-13-27-19-12-11-16(14-20(19)26-4)21-23-18-10-8-7-9-17(18)22(25)24(21)15(3)6-2/h5,7-12,14-15,21,23H,1,6,13H2,2-4H3. The summed E-state index contributed by atoms with van der Waals surface area (Å²) in [5.74, 6) is 1.32. The summed E-state index contributed by atoms with van der Waals surface area (Å²) in [6.45, 7) is 8.23. The summed E-state index contributed by atoms with van der Waals surface area (Å²) in [7, 11) is 1.61. The summed E-state index contributed by atoms with van der Waals surface area (Å²) in [6, 6.07) is 13.5. The van der Waals surface area contributed by atoms with E-state index in [2.05, 4.69) is 25.7 Å². The first-order valence-corrected chi connectivity index (χ1v) is 9.20. The molecular formula is C22H26N2O3. The third kappa shape index (κ3) is 3.63. The van der Waals surface area contributed by atoms with Crippen molar-refractivity contribution < 1.29 is 14.3 Å². The van der Waals surface area contributed by atoms with Crippen LogP contribution < -0.4 is 14.8 Å². The maximum absolute atomic E-state index is 13.2. The van der Waals surface area contributed by atoms with Crippen LogP contribution in [0.5, 0.6) is 11.5 Å². The zero-order valence-electron chi connectivity index (χ0n) is 16.1. The van der Waals surface area contributed by atoms with Crippen molar-refractivity contribution in [1.82, 2.24) is 4.90 Å². The molecule has 2 unspecified atom stereocenters. The van der Waals surface area contributed by atoms with Crippen molar-refractivity contribution in [2.24, 2.45) is 0 Å². The third-order valence-corrected chi connectivity index (χ3v) is 4.89. The topological polar surface area (TPSA) is 50.8 Å². The van der Waals surface area contributed by atoms with Gasteiger partial charge >= 0.3 is 0 Å². The first kappa shape index (κ1) is 18.8. The summed E-state index contributed by atoms with van der Waals surface area (Å²) in [4.78, 5) is 15.1. The number of carbonyl (C=O) groups is 1. The Morgan fingerprint density at radius 2 is 2.04 bits per heavy atom. The summed E-state index contributed by atoms with van der Waals surface area (Å²) in [5, 5.41) is 3.52. The van der Waals surface area contributed by atoms with E-state index in [1.807, 2.05) is 47.4 Å². The average molecular weight is 366 g/mol. The fourth-order valence-corrected chi connectivity index (χ4v) is 3.29. The molecular weight excluding hydrogens is 340 g/mol. The quantitative estimate of drug-likeness (QED) is 0.726. The molecule has 1 aliphatic rings. The highest BCUT2D eigenvalue weighted by Gasteiger charge is 2.35. The molecule has 142 valence electrons. The number of hydrogen-bond donors (Lipinski definition) is 1. The first-order chi connectivity index (χ1) is 13.1. The number of methoxy groups -OCH3 is 1. The molecule has 0 saturated heterocycles. The number of rotatable bonds is 7. The van der Waals surface area contributed by atoms with Gasteiger partial charge in [0, 0.05) is 11.7 Å². The zero-order valence-corrected chi connectivity index (χ0v) is 16.1. The Labute approximate surface area is 160 Å². The monoisotopic (exact) mass is 366 g/mol. The Kier molecular flexibility index (Phi) is 5.69. The molecule has 0 spiro atoms. The van der Waals surface area contributed by atoms with Crippen LogP contribution in [0.2, 0.25) is 0 Å². The molecule has 1 aliphatic heterocycles. The molecule has 1 amide bonds. The predicted molar refractivity (Wildman–Crippen MR) is 107 cm³/mol. The third-order valence-electron chi connectivity index (χ3n) is 4.89. The number of nitrogens with zero attached hydrogens (tertiary/aromatic N) is 1. The van der Waals surface area contributed by atoms with E-state index in [4.69, 9.17) is 9.47 Å². The van der Waals surface area contributed by atoms with E-state index in [1.165, 1.54) is 0 Å². The molecule has 5 heteroatoms. The normalized spacial score (nSPS) is 16.9. The second-order valence-corrected chi connectivity index (χ2v) is 6.57. The van der Waals surface area contributed by atoms with Gasteiger partial charge in [-0.25, -0.2) is 0 Å². The number of amides is 1. The van der Waals surface area contributed by atoms with Crippen molar-refractivity contribution in [3.05, 3.63) is 66.2 Å². The molecule has 1 heterocycles. The Hall–Kier alpha value is -2.95.